The third-order valence-electron chi connectivity index (χ3n) is 6.00. The molecule has 196 valence electrons. The highest BCUT2D eigenvalue weighted by Gasteiger charge is 2.33. The molecular weight excluding hydrogens is 456 g/mol. The standard InChI is InChI=1S/C27H40N6O3/c1-9-31(8)17-21-14-23(10-11-24(21)32(13-12-29-7)20(3)19(2)16-28)33-18-22(15-25(33)34)30-26(35)36-27(4,5)6/h9-14,19-20,22,29H,1,15,17-18H2,2-8H3,(H,30,35)/b13-12-/t19?,20-,22-/m0/s1. The molecule has 9 nitrogen and oxygen atoms in total. The second-order valence-corrected chi connectivity index (χ2v) is 10.1. The molecule has 0 spiro atoms. The van der Waals surface area contributed by atoms with Gasteiger partial charge >= 0.3 is 6.09 Å². The van der Waals surface area contributed by atoms with Crippen molar-refractivity contribution in [2.24, 2.45) is 5.92 Å². The van der Waals surface area contributed by atoms with Crippen LogP contribution >= 0.6 is 0 Å². The van der Waals surface area contributed by atoms with Crippen LogP contribution in [0.1, 0.15) is 46.6 Å². The molecule has 1 unspecified atom stereocenters. The van der Waals surface area contributed by atoms with Gasteiger partial charge in [0, 0.05) is 63.4 Å². The van der Waals surface area contributed by atoms with Crippen LogP contribution in [0.4, 0.5) is 16.2 Å². The van der Waals surface area contributed by atoms with Gasteiger partial charge in [0.05, 0.1) is 18.0 Å². The van der Waals surface area contributed by atoms with Gasteiger partial charge in [0.1, 0.15) is 5.60 Å². The minimum Gasteiger partial charge on any atom is -0.444 e. The highest BCUT2D eigenvalue weighted by molar-refractivity contribution is 5.97. The summed E-state index contributed by atoms with van der Waals surface area (Å²) in [5.74, 6) is -0.277. The number of rotatable bonds is 10. The van der Waals surface area contributed by atoms with E-state index in [0.29, 0.717) is 13.1 Å². The molecule has 1 aromatic rings. The van der Waals surface area contributed by atoms with Gasteiger partial charge in [-0.15, -0.1) is 0 Å². The van der Waals surface area contributed by atoms with E-state index >= 15 is 0 Å². The molecule has 1 saturated heterocycles. The fraction of sp³-hybridized carbons (Fsp3) is 0.519. The number of nitriles is 1. The van der Waals surface area contributed by atoms with Crippen molar-refractivity contribution in [1.29, 1.82) is 5.26 Å². The molecule has 2 rings (SSSR count). The monoisotopic (exact) mass is 496 g/mol. The lowest BCUT2D eigenvalue weighted by Gasteiger charge is -2.33. The molecule has 36 heavy (non-hydrogen) atoms. The van der Waals surface area contributed by atoms with Crippen molar-refractivity contribution in [2.45, 2.75) is 65.3 Å². The van der Waals surface area contributed by atoms with Gasteiger partial charge in [0.2, 0.25) is 5.91 Å². The predicted molar refractivity (Wildman–Crippen MR) is 143 cm³/mol. The summed E-state index contributed by atoms with van der Waals surface area (Å²) in [7, 11) is 3.75. The zero-order valence-electron chi connectivity index (χ0n) is 22.5. The van der Waals surface area contributed by atoms with Crippen LogP contribution in [0.2, 0.25) is 0 Å². The fourth-order valence-electron chi connectivity index (χ4n) is 3.92. The van der Waals surface area contributed by atoms with Crippen molar-refractivity contribution in [1.82, 2.24) is 15.5 Å². The van der Waals surface area contributed by atoms with Crippen molar-refractivity contribution in [3.05, 3.63) is 48.9 Å². The summed E-state index contributed by atoms with van der Waals surface area (Å²) in [6.45, 7) is 14.1. The molecule has 9 heteroatoms. The van der Waals surface area contributed by atoms with E-state index in [1.807, 2.05) is 63.4 Å². The highest BCUT2D eigenvalue weighted by Crippen LogP contribution is 2.32. The number of hydrogen-bond donors (Lipinski definition) is 2. The molecule has 0 aromatic heterocycles. The van der Waals surface area contributed by atoms with Gasteiger partial charge in [-0.3, -0.25) is 4.79 Å². The zero-order chi connectivity index (χ0) is 27.0. The van der Waals surface area contributed by atoms with Crippen LogP contribution in [-0.4, -0.2) is 55.2 Å². The summed E-state index contributed by atoms with van der Waals surface area (Å²) < 4.78 is 5.34. The largest absolute Gasteiger partial charge is 0.444 e. The van der Waals surface area contributed by atoms with Crippen molar-refractivity contribution >= 4 is 23.4 Å². The Morgan fingerprint density at radius 1 is 1.39 bits per heavy atom. The lowest BCUT2D eigenvalue weighted by atomic mass is 10.0. The second-order valence-electron chi connectivity index (χ2n) is 10.1. The highest BCUT2D eigenvalue weighted by atomic mass is 16.6. The minimum atomic E-state index is -0.609. The number of ether oxygens (including phenoxy) is 1. The van der Waals surface area contributed by atoms with Crippen LogP contribution in [0.5, 0.6) is 0 Å². The number of amides is 2. The van der Waals surface area contributed by atoms with Gasteiger partial charge < -0.3 is 30.1 Å². The number of hydrogen-bond acceptors (Lipinski definition) is 7. The van der Waals surface area contributed by atoms with Crippen LogP contribution in [0.3, 0.4) is 0 Å². The van der Waals surface area contributed by atoms with E-state index < -0.39 is 11.7 Å². The number of nitrogens with one attached hydrogen (secondary N) is 2. The van der Waals surface area contributed by atoms with E-state index in [4.69, 9.17) is 4.74 Å². The number of anilines is 2. The number of benzene rings is 1. The van der Waals surface area contributed by atoms with Crippen molar-refractivity contribution in [3.63, 3.8) is 0 Å². The molecule has 1 aliphatic heterocycles. The van der Waals surface area contributed by atoms with Crippen LogP contribution < -0.4 is 20.4 Å². The molecule has 1 aromatic carbocycles. The molecular formula is C27H40N6O3. The van der Waals surface area contributed by atoms with Crippen molar-refractivity contribution in [3.8, 4) is 6.07 Å². The number of nitrogens with zero attached hydrogens (tertiary/aromatic N) is 4. The Balaban J connectivity index is 2.38. The van der Waals surface area contributed by atoms with Gasteiger partial charge in [0.15, 0.2) is 0 Å². The molecule has 1 fully saturated rings. The third kappa shape index (κ3) is 7.67. The maximum Gasteiger partial charge on any atom is 0.407 e. The Hall–Kier alpha value is -3.67. The molecule has 0 bridgehead atoms. The first-order valence-corrected chi connectivity index (χ1v) is 12.2. The quantitative estimate of drug-likeness (QED) is 0.506. The second kappa shape index (κ2) is 12.3. The summed E-state index contributed by atoms with van der Waals surface area (Å²) in [6, 6.07) is 7.79. The maximum absolute atomic E-state index is 12.9. The molecule has 1 heterocycles. The van der Waals surface area contributed by atoms with Gasteiger partial charge in [-0.2, -0.15) is 5.26 Å². The molecule has 2 N–H and O–H groups in total. The lowest BCUT2D eigenvalue weighted by Crippen LogP contribution is -2.40. The summed E-state index contributed by atoms with van der Waals surface area (Å²) in [5.41, 5.74) is 2.05. The Morgan fingerprint density at radius 3 is 2.67 bits per heavy atom. The van der Waals surface area contributed by atoms with E-state index in [1.54, 1.807) is 31.9 Å². The molecule has 0 aliphatic carbocycles. The van der Waals surface area contributed by atoms with E-state index in [2.05, 4.69) is 28.2 Å². The third-order valence-corrected chi connectivity index (χ3v) is 6.00. The SMILES string of the molecule is C=CN(C)Cc1cc(N2C[C@@H](NC(=O)OC(C)(C)C)CC2=O)ccc1N(/C=C\NC)[C@@H](C)C(C)C#N. The topological polar surface area (TPSA) is 101 Å². The van der Waals surface area contributed by atoms with Crippen LogP contribution in [0.15, 0.2) is 43.4 Å². The van der Waals surface area contributed by atoms with E-state index in [9.17, 15) is 14.9 Å². The Kier molecular flexibility index (Phi) is 9.79. The van der Waals surface area contributed by atoms with Crippen LogP contribution in [-0.2, 0) is 16.1 Å². The summed E-state index contributed by atoms with van der Waals surface area (Å²) in [5, 5.41) is 15.4. The van der Waals surface area contributed by atoms with E-state index in [1.165, 1.54) is 0 Å². The first kappa shape index (κ1) is 28.6. The van der Waals surface area contributed by atoms with E-state index in [-0.39, 0.29) is 30.3 Å². The number of carbonyl (C=O) groups is 2. The average Bonchev–Trinajstić information content (AvgIpc) is 3.17. The first-order chi connectivity index (χ1) is 16.9. The van der Waals surface area contributed by atoms with Gasteiger partial charge in [0.25, 0.3) is 0 Å². The van der Waals surface area contributed by atoms with E-state index in [0.717, 1.165) is 16.9 Å². The smallest absolute Gasteiger partial charge is 0.407 e. The summed E-state index contributed by atoms with van der Waals surface area (Å²) >= 11 is 0. The van der Waals surface area contributed by atoms with Gasteiger partial charge in [-0.25, -0.2) is 4.79 Å². The van der Waals surface area contributed by atoms with Crippen LogP contribution in [0.25, 0.3) is 0 Å². The number of alkyl carbamates (subject to hydrolysis) is 1. The molecule has 0 radical (unpaired) electrons. The molecule has 2 amide bonds. The summed E-state index contributed by atoms with van der Waals surface area (Å²) in [4.78, 5) is 30.8. The fourth-order valence-corrected chi connectivity index (χ4v) is 3.92. The van der Waals surface area contributed by atoms with Gasteiger partial charge in [-0.05, 0) is 64.6 Å². The van der Waals surface area contributed by atoms with Crippen LogP contribution in [0, 0.1) is 17.2 Å². The maximum atomic E-state index is 12.9. The molecule has 1 aliphatic rings. The molecule has 3 atom stereocenters. The Morgan fingerprint density at radius 2 is 2.08 bits per heavy atom. The normalized spacial score (nSPS) is 17.3. The predicted octanol–water partition coefficient (Wildman–Crippen LogP) is 3.94. The van der Waals surface area contributed by atoms with Crippen molar-refractivity contribution < 1.29 is 14.3 Å². The average molecular weight is 497 g/mol. The molecule has 0 saturated carbocycles. The Labute approximate surface area is 215 Å². The minimum absolute atomic E-state index is 0.0646. The van der Waals surface area contributed by atoms with Gasteiger partial charge in [-0.1, -0.05) is 6.58 Å². The zero-order valence-corrected chi connectivity index (χ0v) is 22.5. The lowest BCUT2D eigenvalue weighted by molar-refractivity contribution is -0.117. The van der Waals surface area contributed by atoms with Crippen molar-refractivity contribution in [2.75, 3.05) is 30.4 Å². The first-order valence-electron chi connectivity index (χ1n) is 12.2. The summed E-state index contributed by atoms with van der Waals surface area (Å²) in [6.07, 6.45) is 5.17. The Bertz CT molecular complexity index is 1010. The number of carbonyl (C=O) groups excluding carboxylic acids is 2.